The Bertz CT molecular complexity index is 1090. The molecule has 0 aliphatic carbocycles. The van der Waals surface area contributed by atoms with Gasteiger partial charge in [-0.15, -0.1) is 0 Å². The standard InChI is InChI=1S/C22H25N7O2/c1-29-7-5-15-9-18(29)22(30)25-6-2-8-31-21-16(14-10-23-13-24-11-14)3-4-17-20(21)28-19(27-15)12-26-17/h3-4,10-13,15,18H,2,5-9H2,1H3,(H,25,30)(H,27,28)/t15-,18-/m0/s1. The monoisotopic (exact) mass is 419 g/mol. The Balaban J connectivity index is 1.57. The lowest BCUT2D eigenvalue weighted by Crippen LogP contribution is -2.52. The Morgan fingerprint density at radius 1 is 1.19 bits per heavy atom. The number of nitrogens with zero attached hydrogens (tertiary/aromatic N) is 5. The van der Waals surface area contributed by atoms with Gasteiger partial charge in [0.1, 0.15) is 17.7 Å². The topological polar surface area (TPSA) is 105 Å². The highest BCUT2D eigenvalue weighted by atomic mass is 16.5. The maximum absolute atomic E-state index is 12.7. The molecule has 1 aromatic carbocycles. The van der Waals surface area contributed by atoms with Crippen molar-refractivity contribution in [2.24, 2.45) is 0 Å². The second kappa shape index (κ2) is 8.43. The predicted molar refractivity (Wildman–Crippen MR) is 117 cm³/mol. The van der Waals surface area contributed by atoms with E-state index >= 15 is 0 Å². The van der Waals surface area contributed by atoms with Crippen LogP contribution in [0.25, 0.3) is 22.2 Å². The molecule has 160 valence electrons. The van der Waals surface area contributed by atoms with Crippen molar-refractivity contribution in [2.75, 3.05) is 32.1 Å². The van der Waals surface area contributed by atoms with Gasteiger partial charge in [0, 0.05) is 42.7 Å². The van der Waals surface area contributed by atoms with Crippen molar-refractivity contribution >= 4 is 22.8 Å². The van der Waals surface area contributed by atoms with Gasteiger partial charge in [-0.3, -0.25) is 14.7 Å². The Morgan fingerprint density at radius 2 is 2.06 bits per heavy atom. The summed E-state index contributed by atoms with van der Waals surface area (Å²) in [6.45, 7) is 1.86. The number of hydrogen-bond acceptors (Lipinski definition) is 8. The van der Waals surface area contributed by atoms with E-state index in [2.05, 4.69) is 30.5 Å². The molecule has 2 aliphatic rings. The Hall–Kier alpha value is -3.33. The fourth-order valence-corrected chi connectivity index (χ4v) is 4.24. The number of amides is 1. The van der Waals surface area contributed by atoms with Crippen molar-refractivity contribution in [3.8, 4) is 16.9 Å². The number of rotatable bonds is 1. The summed E-state index contributed by atoms with van der Waals surface area (Å²) in [6, 6.07) is 3.90. The molecule has 3 aromatic rings. The van der Waals surface area contributed by atoms with E-state index in [4.69, 9.17) is 9.72 Å². The molecule has 0 spiro atoms. The van der Waals surface area contributed by atoms with Gasteiger partial charge in [0.25, 0.3) is 0 Å². The third-order valence-electron chi connectivity index (χ3n) is 5.93. The highest BCUT2D eigenvalue weighted by Crippen LogP contribution is 2.35. The number of likely N-dealkylation sites (N-methyl/N-ethyl adjacent to an activating group) is 1. The molecule has 31 heavy (non-hydrogen) atoms. The van der Waals surface area contributed by atoms with Gasteiger partial charge in [0.05, 0.1) is 24.4 Å². The van der Waals surface area contributed by atoms with Gasteiger partial charge < -0.3 is 15.4 Å². The zero-order chi connectivity index (χ0) is 21.2. The van der Waals surface area contributed by atoms with Crippen molar-refractivity contribution in [3.63, 3.8) is 0 Å². The maximum Gasteiger partial charge on any atom is 0.237 e. The zero-order valence-electron chi connectivity index (χ0n) is 17.4. The van der Waals surface area contributed by atoms with Crippen molar-refractivity contribution < 1.29 is 9.53 Å². The minimum atomic E-state index is -0.149. The molecule has 2 atom stereocenters. The number of carbonyl (C=O) groups excluding carboxylic acids is 1. The SMILES string of the molecule is CN1CC[C@H]2C[C@H]1C(=O)NCCCOc1c(-c3cncnc3)ccc3ncc(nc13)N2. The van der Waals surface area contributed by atoms with Gasteiger partial charge in [-0.1, -0.05) is 0 Å². The van der Waals surface area contributed by atoms with E-state index < -0.39 is 0 Å². The first-order valence-electron chi connectivity index (χ1n) is 10.6. The molecule has 2 N–H and O–H groups in total. The molecule has 0 unspecified atom stereocenters. The summed E-state index contributed by atoms with van der Waals surface area (Å²) < 4.78 is 6.21. The first-order chi connectivity index (χ1) is 15.2. The van der Waals surface area contributed by atoms with E-state index in [1.807, 2.05) is 19.2 Å². The molecule has 0 saturated carbocycles. The highest BCUT2D eigenvalue weighted by Gasteiger charge is 2.31. The molecular weight excluding hydrogens is 394 g/mol. The van der Waals surface area contributed by atoms with Crippen LogP contribution < -0.4 is 15.4 Å². The van der Waals surface area contributed by atoms with Gasteiger partial charge in [-0.05, 0) is 38.4 Å². The summed E-state index contributed by atoms with van der Waals surface area (Å²) in [5.74, 6) is 1.41. The van der Waals surface area contributed by atoms with E-state index in [1.54, 1.807) is 18.6 Å². The van der Waals surface area contributed by atoms with Gasteiger partial charge >= 0.3 is 0 Å². The van der Waals surface area contributed by atoms with Crippen LogP contribution in [0.15, 0.2) is 37.1 Å². The number of nitrogens with one attached hydrogen (secondary N) is 2. The molecule has 2 aromatic heterocycles. The Labute approximate surface area is 180 Å². The first kappa shape index (κ1) is 19.6. The number of ether oxygens (including phenoxy) is 1. The highest BCUT2D eigenvalue weighted by molar-refractivity contribution is 5.90. The molecule has 4 bridgehead atoms. The summed E-state index contributed by atoms with van der Waals surface area (Å²) >= 11 is 0. The average molecular weight is 419 g/mol. The number of benzene rings is 1. The van der Waals surface area contributed by atoms with E-state index in [9.17, 15) is 4.79 Å². The summed E-state index contributed by atoms with van der Waals surface area (Å²) in [7, 11) is 2.00. The number of piperidine rings is 1. The van der Waals surface area contributed by atoms with Gasteiger partial charge in [0.15, 0.2) is 5.75 Å². The molecule has 2 aliphatic heterocycles. The minimum Gasteiger partial charge on any atom is -0.491 e. The molecule has 1 fully saturated rings. The van der Waals surface area contributed by atoms with Crippen LogP contribution in [0, 0.1) is 0 Å². The fourth-order valence-electron chi connectivity index (χ4n) is 4.24. The van der Waals surface area contributed by atoms with Gasteiger partial charge in [-0.2, -0.15) is 0 Å². The smallest absolute Gasteiger partial charge is 0.237 e. The van der Waals surface area contributed by atoms with Crippen LogP contribution in [0.3, 0.4) is 0 Å². The second-order valence-corrected chi connectivity index (χ2v) is 8.05. The van der Waals surface area contributed by atoms with Crippen LogP contribution >= 0.6 is 0 Å². The molecule has 4 heterocycles. The van der Waals surface area contributed by atoms with Crippen LogP contribution in [0.1, 0.15) is 19.3 Å². The number of fused-ring (bicyclic) bond motifs is 3. The lowest BCUT2D eigenvalue weighted by molar-refractivity contribution is -0.127. The largest absolute Gasteiger partial charge is 0.491 e. The zero-order valence-corrected chi connectivity index (χ0v) is 17.4. The molecule has 0 radical (unpaired) electrons. The van der Waals surface area contributed by atoms with Crippen molar-refractivity contribution in [1.82, 2.24) is 30.2 Å². The molecule has 9 nitrogen and oxygen atoms in total. The van der Waals surface area contributed by atoms with Crippen LogP contribution in [-0.2, 0) is 4.79 Å². The van der Waals surface area contributed by atoms with Crippen molar-refractivity contribution in [3.05, 3.63) is 37.1 Å². The number of carbonyl (C=O) groups is 1. The Kier molecular flexibility index (Phi) is 5.33. The molecule has 5 rings (SSSR count). The van der Waals surface area contributed by atoms with Crippen molar-refractivity contribution in [2.45, 2.75) is 31.3 Å². The Morgan fingerprint density at radius 3 is 2.94 bits per heavy atom. The average Bonchev–Trinajstić information content (AvgIpc) is 2.80. The lowest BCUT2D eigenvalue weighted by Gasteiger charge is -2.36. The second-order valence-electron chi connectivity index (χ2n) is 8.05. The van der Waals surface area contributed by atoms with E-state index in [1.165, 1.54) is 6.33 Å². The molecular formula is C22H25N7O2. The van der Waals surface area contributed by atoms with E-state index in [-0.39, 0.29) is 18.0 Å². The lowest BCUT2D eigenvalue weighted by atomic mass is 9.97. The predicted octanol–water partition coefficient (Wildman–Crippen LogP) is 1.86. The van der Waals surface area contributed by atoms with Crippen molar-refractivity contribution in [1.29, 1.82) is 0 Å². The summed E-state index contributed by atoms with van der Waals surface area (Å²) in [5, 5.41) is 6.55. The summed E-state index contributed by atoms with van der Waals surface area (Å²) in [5.41, 5.74) is 3.20. The third kappa shape index (κ3) is 4.00. The van der Waals surface area contributed by atoms with Crippen LogP contribution in [0.4, 0.5) is 5.82 Å². The number of hydrogen-bond donors (Lipinski definition) is 2. The minimum absolute atomic E-state index is 0.0649. The first-order valence-corrected chi connectivity index (χ1v) is 10.6. The van der Waals surface area contributed by atoms with Crippen LogP contribution in [-0.4, -0.2) is 69.6 Å². The van der Waals surface area contributed by atoms with E-state index in [0.29, 0.717) is 36.7 Å². The normalized spacial score (nSPS) is 22.3. The number of aromatic nitrogens is 4. The van der Waals surface area contributed by atoms with Crippen LogP contribution in [0.5, 0.6) is 5.75 Å². The molecule has 1 saturated heterocycles. The van der Waals surface area contributed by atoms with E-state index in [0.717, 1.165) is 36.0 Å². The molecule has 9 heteroatoms. The van der Waals surface area contributed by atoms with Gasteiger partial charge in [-0.25, -0.2) is 15.0 Å². The van der Waals surface area contributed by atoms with Crippen LogP contribution in [0.2, 0.25) is 0 Å². The maximum atomic E-state index is 12.7. The van der Waals surface area contributed by atoms with Gasteiger partial charge in [0.2, 0.25) is 5.91 Å². The summed E-state index contributed by atoms with van der Waals surface area (Å²) in [4.78, 5) is 32.6. The number of anilines is 1. The third-order valence-corrected chi connectivity index (χ3v) is 5.93. The fraction of sp³-hybridized carbons (Fsp3) is 0.409. The number of likely N-dealkylation sites (tertiary alicyclic amines) is 1. The summed E-state index contributed by atoms with van der Waals surface area (Å²) in [6.07, 6.45) is 9.12. The quantitative estimate of drug-likeness (QED) is 0.616. The molecule has 1 amide bonds.